The number of furan rings is 1. The quantitative estimate of drug-likeness (QED) is 0.299. The molecule has 1 amide bonds. The molecule has 8 heteroatoms. The largest absolute Gasteiger partial charge is 0.457 e. The lowest BCUT2D eigenvalue weighted by atomic mass is 10.2. The molecule has 2 heterocycles. The molecule has 0 bridgehead atoms. The number of benzene rings is 1. The Morgan fingerprint density at radius 3 is 2.81 bits per heavy atom. The van der Waals surface area contributed by atoms with Crippen LogP contribution in [0.3, 0.4) is 0 Å². The van der Waals surface area contributed by atoms with Crippen molar-refractivity contribution >= 4 is 34.0 Å². The summed E-state index contributed by atoms with van der Waals surface area (Å²) < 4.78 is 11.0. The Labute approximate surface area is 156 Å². The van der Waals surface area contributed by atoms with Gasteiger partial charge in [-0.1, -0.05) is 12.1 Å². The van der Waals surface area contributed by atoms with Crippen molar-refractivity contribution in [1.29, 1.82) is 0 Å². The van der Waals surface area contributed by atoms with Gasteiger partial charge in [0.2, 0.25) is 5.76 Å². The van der Waals surface area contributed by atoms with E-state index in [1.54, 1.807) is 42.6 Å². The van der Waals surface area contributed by atoms with Crippen molar-refractivity contribution in [3.8, 4) is 5.75 Å². The number of halogens is 1. The number of amides is 1. The van der Waals surface area contributed by atoms with Crippen molar-refractivity contribution < 1.29 is 18.7 Å². The topological polar surface area (TPSA) is 93.8 Å². The first-order valence-corrected chi connectivity index (χ1v) is 8.21. The molecule has 0 fully saturated rings. The molecule has 0 aliphatic rings. The highest BCUT2D eigenvalue weighted by molar-refractivity contribution is 9.10. The number of carbonyl (C=O) groups excluding carboxylic acids is 2. The molecule has 0 atom stereocenters. The summed E-state index contributed by atoms with van der Waals surface area (Å²) in [5.41, 5.74) is 3.26. The van der Waals surface area contributed by atoms with Gasteiger partial charge in [0.15, 0.2) is 0 Å². The molecule has 3 rings (SSSR count). The van der Waals surface area contributed by atoms with Crippen LogP contribution in [0.15, 0.2) is 75.1 Å². The Hall–Kier alpha value is -3.26. The van der Waals surface area contributed by atoms with Gasteiger partial charge in [-0.15, -0.1) is 0 Å². The number of para-hydroxylation sites is 1. The van der Waals surface area contributed by atoms with Gasteiger partial charge in [0, 0.05) is 22.4 Å². The standard InChI is InChI=1S/C18H12BrN3O4/c19-14-8-13(9-20-11-14)17(23)22-21-10-12-4-1-2-5-15(12)26-18(24)16-6-3-7-25-16/h1-11H,(H,22,23)/b21-10-. The number of nitrogens with one attached hydrogen (secondary N) is 1. The van der Waals surface area contributed by atoms with Crippen LogP contribution in [-0.2, 0) is 0 Å². The lowest BCUT2D eigenvalue weighted by Crippen LogP contribution is -2.18. The van der Waals surface area contributed by atoms with Gasteiger partial charge in [-0.25, -0.2) is 10.2 Å². The van der Waals surface area contributed by atoms with E-state index >= 15 is 0 Å². The Balaban J connectivity index is 1.69. The van der Waals surface area contributed by atoms with Crippen LogP contribution < -0.4 is 10.2 Å². The minimum Gasteiger partial charge on any atom is -0.457 e. The molecule has 2 aromatic heterocycles. The lowest BCUT2D eigenvalue weighted by Gasteiger charge is -2.05. The number of hydrogen-bond donors (Lipinski definition) is 1. The first-order valence-electron chi connectivity index (χ1n) is 7.42. The second kappa shape index (κ2) is 8.21. The third-order valence-corrected chi connectivity index (χ3v) is 3.61. The Morgan fingerprint density at radius 1 is 1.19 bits per heavy atom. The van der Waals surface area contributed by atoms with Crippen molar-refractivity contribution in [2.75, 3.05) is 0 Å². The molecule has 130 valence electrons. The number of hydrazone groups is 1. The molecular weight excluding hydrogens is 402 g/mol. The number of esters is 1. The Bertz CT molecular complexity index is 955. The zero-order chi connectivity index (χ0) is 18.4. The maximum Gasteiger partial charge on any atom is 0.379 e. The maximum atomic E-state index is 12.0. The van der Waals surface area contributed by atoms with Gasteiger partial charge in [-0.05, 0) is 46.3 Å². The van der Waals surface area contributed by atoms with Crippen LogP contribution in [0.1, 0.15) is 26.5 Å². The van der Waals surface area contributed by atoms with E-state index in [4.69, 9.17) is 9.15 Å². The predicted octanol–water partition coefficient (Wildman–Crippen LogP) is 3.42. The summed E-state index contributed by atoms with van der Waals surface area (Å²) >= 11 is 3.25. The number of hydrogen-bond acceptors (Lipinski definition) is 6. The van der Waals surface area contributed by atoms with Gasteiger partial charge in [-0.3, -0.25) is 9.78 Å². The van der Waals surface area contributed by atoms with Crippen molar-refractivity contribution in [3.05, 3.63) is 82.5 Å². The molecule has 0 saturated heterocycles. The first kappa shape index (κ1) is 17.6. The normalized spacial score (nSPS) is 10.7. The van der Waals surface area contributed by atoms with E-state index < -0.39 is 11.9 Å². The van der Waals surface area contributed by atoms with Crippen molar-refractivity contribution in [2.24, 2.45) is 5.10 Å². The van der Waals surface area contributed by atoms with Gasteiger partial charge in [0.1, 0.15) is 5.75 Å². The first-order chi connectivity index (χ1) is 12.6. The number of rotatable bonds is 5. The summed E-state index contributed by atoms with van der Waals surface area (Å²) in [6.45, 7) is 0. The highest BCUT2D eigenvalue weighted by Crippen LogP contribution is 2.18. The van der Waals surface area contributed by atoms with Crippen molar-refractivity contribution in [2.45, 2.75) is 0 Å². The second-order valence-electron chi connectivity index (χ2n) is 5.00. The number of aromatic nitrogens is 1. The third-order valence-electron chi connectivity index (χ3n) is 3.18. The summed E-state index contributed by atoms with van der Waals surface area (Å²) in [5, 5.41) is 3.90. The summed E-state index contributed by atoms with van der Waals surface area (Å²) in [5.74, 6) is -0.663. The molecular formula is C18H12BrN3O4. The Morgan fingerprint density at radius 2 is 2.04 bits per heavy atom. The minimum atomic E-state index is -0.625. The van der Waals surface area contributed by atoms with E-state index in [9.17, 15) is 9.59 Å². The minimum absolute atomic E-state index is 0.0900. The summed E-state index contributed by atoms with van der Waals surface area (Å²) in [4.78, 5) is 27.9. The van der Waals surface area contributed by atoms with E-state index in [0.717, 1.165) is 0 Å². The fourth-order valence-electron chi connectivity index (χ4n) is 1.99. The number of nitrogens with zero attached hydrogens (tertiary/aromatic N) is 2. The summed E-state index contributed by atoms with van der Waals surface area (Å²) in [6, 6.07) is 11.5. The van der Waals surface area contributed by atoms with Crippen LogP contribution in [0.25, 0.3) is 0 Å². The second-order valence-corrected chi connectivity index (χ2v) is 5.91. The molecule has 0 radical (unpaired) electrons. The smallest absolute Gasteiger partial charge is 0.379 e. The fraction of sp³-hybridized carbons (Fsp3) is 0. The van der Waals surface area contributed by atoms with Crippen LogP contribution in [0, 0.1) is 0 Å². The van der Waals surface area contributed by atoms with Gasteiger partial charge >= 0.3 is 5.97 Å². The predicted molar refractivity (Wildman–Crippen MR) is 97.1 cm³/mol. The monoisotopic (exact) mass is 413 g/mol. The SMILES string of the molecule is O=C(N/N=C\c1ccccc1OC(=O)c1ccco1)c1cncc(Br)c1. The third kappa shape index (κ3) is 4.42. The molecule has 7 nitrogen and oxygen atoms in total. The van der Waals surface area contributed by atoms with Crippen LogP contribution in [-0.4, -0.2) is 23.1 Å². The van der Waals surface area contributed by atoms with E-state index in [2.05, 4.69) is 31.4 Å². The molecule has 0 saturated carbocycles. The van der Waals surface area contributed by atoms with E-state index in [1.165, 1.54) is 24.7 Å². The van der Waals surface area contributed by atoms with Crippen molar-refractivity contribution in [1.82, 2.24) is 10.4 Å². The summed E-state index contributed by atoms with van der Waals surface area (Å²) in [7, 11) is 0. The zero-order valence-electron chi connectivity index (χ0n) is 13.3. The average Bonchev–Trinajstić information content (AvgIpc) is 3.18. The highest BCUT2D eigenvalue weighted by Gasteiger charge is 2.13. The fourth-order valence-corrected chi connectivity index (χ4v) is 2.35. The van der Waals surface area contributed by atoms with Crippen LogP contribution in [0.2, 0.25) is 0 Å². The van der Waals surface area contributed by atoms with E-state index in [1.807, 2.05) is 0 Å². The molecule has 0 aliphatic heterocycles. The van der Waals surface area contributed by atoms with Crippen LogP contribution >= 0.6 is 15.9 Å². The average molecular weight is 414 g/mol. The lowest BCUT2D eigenvalue weighted by molar-refractivity contribution is 0.0701. The van der Waals surface area contributed by atoms with E-state index in [-0.39, 0.29) is 11.5 Å². The van der Waals surface area contributed by atoms with Gasteiger partial charge < -0.3 is 9.15 Å². The van der Waals surface area contributed by atoms with Gasteiger partial charge in [-0.2, -0.15) is 5.10 Å². The van der Waals surface area contributed by atoms with Crippen molar-refractivity contribution in [3.63, 3.8) is 0 Å². The maximum absolute atomic E-state index is 12.0. The van der Waals surface area contributed by atoms with Gasteiger partial charge in [0.05, 0.1) is 18.0 Å². The number of carbonyl (C=O) groups is 2. The molecule has 26 heavy (non-hydrogen) atoms. The molecule has 3 aromatic rings. The van der Waals surface area contributed by atoms with Crippen LogP contribution in [0.5, 0.6) is 5.75 Å². The Kier molecular flexibility index (Phi) is 5.55. The van der Waals surface area contributed by atoms with E-state index in [0.29, 0.717) is 15.6 Å². The molecule has 1 aromatic carbocycles. The molecule has 0 spiro atoms. The number of pyridine rings is 1. The number of ether oxygens (including phenoxy) is 1. The molecule has 0 aliphatic carbocycles. The zero-order valence-corrected chi connectivity index (χ0v) is 14.8. The molecule has 0 unspecified atom stereocenters. The van der Waals surface area contributed by atoms with Gasteiger partial charge in [0.25, 0.3) is 5.91 Å². The van der Waals surface area contributed by atoms with Crippen LogP contribution in [0.4, 0.5) is 0 Å². The highest BCUT2D eigenvalue weighted by atomic mass is 79.9. The summed E-state index contributed by atoms with van der Waals surface area (Å²) in [6.07, 6.45) is 5.77. The molecule has 1 N–H and O–H groups in total.